The number of nitrogens with zero attached hydrogens (tertiary/aromatic N) is 2. The van der Waals surface area contributed by atoms with Crippen LogP contribution in [0, 0.1) is 5.92 Å². The van der Waals surface area contributed by atoms with Crippen molar-refractivity contribution in [2.75, 3.05) is 14.1 Å². The third-order valence-corrected chi connectivity index (χ3v) is 5.43. The zero-order chi connectivity index (χ0) is 22.6. The van der Waals surface area contributed by atoms with Gasteiger partial charge in [0.05, 0.1) is 0 Å². The van der Waals surface area contributed by atoms with Gasteiger partial charge in [0, 0.05) is 14.1 Å². The Morgan fingerprint density at radius 2 is 1.73 bits per heavy atom. The number of amides is 2. The van der Waals surface area contributed by atoms with Crippen LogP contribution in [-0.4, -0.2) is 72.7 Å². The van der Waals surface area contributed by atoms with Gasteiger partial charge in [-0.2, -0.15) is 8.42 Å². The van der Waals surface area contributed by atoms with Gasteiger partial charge in [-0.3, -0.25) is 9.35 Å². The molecule has 2 amide bonds. The topological polar surface area (TPSA) is 140 Å². The zero-order valence-electron chi connectivity index (χ0n) is 16.9. The van der Waals surface area contributed by atoms with Gasteiger partial charge in [0.15, 0.2) is 0 Å². The number of β-lactam (4-membered cyclic amide) rings is 1. The number of benzene rings is 1. The molecule has 0 bridgehead atoms. The lowest BCUT2D eigenvalue weighted by Crippen LogP contribution is -2.70. The summed E-state index contributed by atoms with van der Waals surface area (Å²) in [7, 11) is -2.05. The largest absolute Gasteiger partial charge is 0.508 e. The maximum Gasteiger partial charge on any atom is 0.508 e. The molecule has 1 aliphatic heterocycles. The Bertz CT molecular complexity index is 888. The van der Waals surface area contributed by atoms with E-state index in [1.165, 1.54) is 27.9 Å². The van der Waals surface area contributed by atoms with Crippen molar-refractivity contribution in [3.63, 3.8) is 0 Å². The summed E-state index contributed by atoms with van der Waals surface area (Å²) in [6.07, 6.45) is -4.05. The highest BCUT2D eigenvalue weighted by atomic mass is 32.2. The highest BCUT2D eigenvalue weighted by Gasteiger charge is 2.59. The van der Waals surface area contributed by atoms with Gasteiger partial charge < -0.3 is 19.1 Å². The maximum absolute atomic E-state index is 12.3. The van der Waals surface area contributed by atoms with Gasteiger partial charge in [-0.15, -0.1) is 0 Å². The summed E-state index contributed by atoms with van der Waals surface area (Å²) in [5.74, 6) is -2.15. The molecule has 166 valence electrons. The molecule has 12 heteroatoms. The molecule has 0 radical (unpaired) electrons. The van der Waals surface area contributed by atoms with E-state index in [4.69, 9.17) is 14.2 Å². The minimum atomic E-state index is -4.90. The predicted octanol–water partition coefficient (Wildman–Crippen LogP) is 1.44. The highest BCUT2D eigenvalue weighted by Crippen LogP contribution is 2.36. The van der Waals surface area contributed by atoms with Gasteiger partial charge in [-0.05, 0) is 19.4 Å². The van der Waals surface area contributed by atoms with E-state index in [1.807, 2.05) is 0 Å². The minimum Gasteiger partial charge on any atom is -0.444 e. The van der Waals surface area contributed by atoms with Crippen molar-refractivity contribution in [2.24, 2.45) is 5.92 Å². The first-order chi connectivity index (χ1) is 13.9. The second kappa shape index (κ2) is 9.30. The SMILES string of the molecule is C[C@H](OC(=O)N(C)C)[C@@H]1[C@@H]([C@@H](C)OC(=O)OCc2ccccc2)C(=O)N1S(=O)(=O)O. The Kier molecular flexibility index (Phi) is 7.26. The summed E-state index contributed by atoms with van der Waals surface area (Å²) in [5.41, 5.74) is 0.724. The van der Waals surface area contributed by atoms with Gasteiger partial charge in [-0.25, -0.2) is 13.9 Å². The third kappa shape index (κ3) is 5.39. The van der Waals surface area contributed by atoms with Crippen molar-refractivity contribution in [1.29, 1.82) is 0 Å². The van der Waals surface area contributed by atoms with E-state index in [2.05, 4.69) is 0 Å². The van der Waals surface area contributed by atoms with E-state index in [0.29, 0.717) is 0 Å². The minimum absolute atomic E-state index is 0.0531. The molecular weight excluding hydrogens is 420 g/mol. The van der Waals surface area contributed by atoms with Crippen LogP contribution < -0.4 is 0 Å². The molecule has 1 heterocycles. The molecule has 1 aromatic rings. The highest BCUT2D eigenvalue weighted by molar-refractivity contribution is 7.84. The molecular formula is C18H24N2O9S. The van der Waals surface area contributed by atoms with Crippen molar-refractivity contribution >= 4 is 28.5 Å². The Balaban J connectivity index is 2.07. The maximum atomic E-state index is 12.3. The fourth-order valence-corrected chi connectivity index (χ4v) is 4.00. The van der Waals surface area contributed by atoms with Gasteiger partial charge in [0.2, 0.25) is 5.91 Å². The van der Waals surface area contributed by atoms with E-state index >= 15 is 0 Å². The van der Waals surface area contributed by atoms with Crippen LogP contribution >= 0.6 is 0 Å². The van der Waals surface area contributed by atoms with Crippen molar-refractivity contribution in [3.05, 3.63) is 35.9 Å². The molecule has 0 aromatic heterocycles. The van der Waals surface area contributed by atoms with E-state index in [-0.39, 0.29) is 10.9 Å². The van der Waals surface area contributed by atoms with Gasteiger partial charge >= 0.3 is 22.6 Å². The monoisotopic (exact) mass is 444 g/mol. The molecule has 2 rings (SSSR count). The second-order valence-electron chi connectivity index (χ2n) is 6.96. The average molecular weight is 444 g/mol. The molecule has 0 saturated carbocycles. The first-order valence-corrected chi connectivity index (χ1v) is 10.4. The fraction of sp³-hybridized carbons (Fsp3) is 0.500. The fourth-order valence-electron chi connectivity index (χ4n) is 3.04. The first kappa shape index (κ1) is 23.4. The molecule has 4 atom stereocenters. The molecule has 1 fully saturated rings. The standard InChI is InChI=1S/C18H24N2O9S/c1-11(29-18(23)27-10-13-8-6-5-7-9-13)14-15(12(2)28-17(22)19(3)4)20(16(14)21)30(24,25)26/h5-9,11-12,14-15H,10H2,1-4H3,(H,24,25,26)/t11-,12+,14-,15-/m1/s1. The summed E-state index contributed by atoms with van der Waals surface area (Å²) in [5, 5.41) is 0. The van der Waals surface area contributed by atoms with Crippen LogP contribution in [-0.2, 0) is 35.9 Å². The van der Waals surface area contributed by atoms with Crippen molar-refractivity contribution < 1.29 is 41.6 Å². The van der Waals surface area contributed by atoms with Crippen molar-refractivity contribution in [2.45, 2.75) is 38.7 Å². The molecule has 1 saturated heterocycles. The number of carbonyl (C=O) groups excluding carboxylic acids is 3. The lowest BCUT2D eigenvalue weighted by Gasteiger charge is -2.47. The number of hydrogen-bond acceptors (Lipinski definition) is 8. The Morgan fingerprint density at radius 3 is 2.27 bits per heavy atom. The first-order valence-electron chi connectivity index (χ1n) is 8.99. The summed E-state index contributed by atoms with van der Waals surface area (Å²) in [6.45, 7) is 2.69. The third-order valence-electron chi connectivity index (χ3n) is 4.51. The van der Waals surface area contributed by atoms with Gasteiger partial charge in [0.1, 0.15) is 30.8 Å². The predicted molar refractivity (Wildman–Crippen MR) is 102 cm³/mol. The number of hydrogen-bond donors (Lipinski definition) is 1. The normalized spacial score (nSPS) is 20.6. The van der Waals surface area contributed by atoms with Crippen LogP contribution in [0.3, 0.4) is 0 Å². The molecule has 0 unspecified atom stereocenters. The van der Waals surface area contributed by atoms with E-state index in [0.717, 1.165) is 10.5 Å². The molecule has 1 N–H and O–H groups in total. The Labute approximate surface area is 174 Å². The number of rotatable bonds is 7. The van der Waals surface area contributed by atoms with Crippen molar-refractivity contribution in [3.8, 4) is 0 Å². The number of ether oxygens (including phenoxy) is 3. The van der Waals surface area contributed by atoms with Gasteiger partial charge in [-0.1, -0.05) is 30.3 Å². The Morgan fingerprint density at radius 1 is 1.13 bits per heavy atom. The van der Waals surface area contributed by atoms with Crippen LogP contribution in [0.15, 0.2) is 30.3 Å². The van der Waals surface area contributed by atoms with Crippen LogP contribution in [0.2, 0.25) is 0 Å². The van der Waals surface area contributed by atoms with E-state index in [9.17, 15) is 27.4 Å². The zero-order valence-corrected chi connectivity index (χ0v) is 17.7. The lowest BCUT2D eigenvalue weighted by atomic mass is 9.83. The summed E-state index contributed by atoms with van der Waals surface area (Å²) in [6, 6.07) is 7.57. The molecule has 0 aliphatic carbocycles. The quantitative estimate of drug-likeness (QED) is 0.376. The van der Waals surface area contributed by atoms with Crippen LogP contribution in [0.4, 0.5) is 9.59 Å². The smallest absolute Gasteiger partial charge is 0.444 e. The van der Waals surface area contributed by atoms with Crippen molar-refractivity contribution in [1.82, 2.24) is 9.21 Å². The Hall–Kier alpha value is -2.86. The molecule has 0 spiro atoms. The molecule has 30 heavy (non-hydrogen) atoms. The summed E-state index contributed by atoms with van der Waals surface area (Å²) in [4.78, 5) is 37.2. The molecule has 11 nitrogen and oxygen atoms in total. The van der Waals surface area contributed by atoms with Crippen LogP contribution in [0.5, 0.6) is 0 Å². The van der Waals surface area contributed by atoms with E-state index in [1.54, 1.807) is 30.3 Å². The van der Waals surface area contributed by atoms with E-state index < -0.39 is 52.6 Å². The molecule has 1 aliphatic rings. The summed E-state index contributed by atoms with van der Waals surface area (Å²) < 4.78 is 48.0. The lowest BCUT2D eigenvalue weighted by molar-refractivity contribution is -0.162. The molecule has 1 aromatic carbocycles. The summed E-state index contributed by atoms with van der Waals surface area (Å²) >= 11 is 0. The van der Waals surface area contributed by atoms with Crippen LogP contribution in [0.25, 0.3) is 0 Å². The number of carbonyl (C=O) groups is 3. The second-order valence-corrected chi connectivity index (χ2v) is 8.25. The average Bonchev–Trinajstić information content (AvgIpc) is 2.63. The van der Waals surface area contributed by atoms with Crippen LogP contribution in [0.1, 0.15) is 19.4 Å². The van der Waals surface area contributed by atoms with Gasteiger partial charge in [0.25, 0.3) is 0 Å².